The second-order valence-electron chi connectivity index (χ2n) is 3.77. The molecule has 0 atom stereocenters. The number of rotatable bonds is 3. The standard InChI is InChI=1S/C9H11F3N4/c10-9(11,12)5-16(6-1-2-6)8-4-14-7(13)3-15-8/h3-4,6H,1-2,5H2,(H2,13,14). The van der Waals surface area contributed by atoms with Crippen LogP contribution < -0.4 is 10.6 Å². The average Bonchev–Trinajstić information content (AvgIpc) is 2.97. The van der Waals surface area contributed by atoms with Crippen molar-refractivity contribution in [1.29, 1.82) is 0 Å². The van der Waals surface area contributed by atoms with Crippen molar-refractivity contribution in [3.8, 4) is 0 Å². The monoisotopic (exact) mass is 232 g/mol. The van der Waals surface area contributed by atoms with Gasteiger partial charge in [0.1, 0.15) is 18.2 Å². The maximum Gasteiger partial charge on any atom is 0.405 e. The highest BCUT2D eigenvalue weighted by atomic mass is 19.4. The molecule has 2 N–H and O–H groups in total. The van der Waals surface area contributed by atoms with Crippen LogP contribution in [0.4, 0.5) is 24.8 Å². The van der Waals surface area contributed by atoms with Crippen LogP contribution in [0.5, 0.6) is 0 Å². The number of alkyl halides is 3. The van der Waals surface area contributed by atoms with Crippen molar-refractivity contribution in [2.75, 3.05) is 17.2 Å². The largest absolute Gasteiger partial charge is 0.405 e. The summed E-state index contributed by atoms with van der Waals surface area (Å²) < 4.78 is 37.0. The normalized spacial score (nSPS) is 16.2. The molecule has 0 aromatic carbocycles. The van der Waals surface area contributed by atoms with Gasteiger partial charge in [0.05, 0.1) is 12.4 Å². The van der Waals surface area contributed by atoms with Gasteiger partial charge in [0.15, 0.2) is 0 Å². The lowest BCUT2D eigenvalue weighted by Crippen LogP contribution is -2.36. The Morgan fingerprint density at radius 3 is 2.44 bits per heavy atom. The molecule has 0 unspecified atom stereocenters. The molecule has 4 nitrogen and oxygen atoms in total. The van der Waals surface area contributed by atoms with Crippen molar-refractivity contribution in [1.82, 2.24) is 9.97 Å². The first-order valence-corrected chi connectivity index (χ1v) is 4.86. The first kappa shape index (κ1) is 11.0. The van der Waals surface area contributed by atoms with E-state index in [4.69, 9.17) is 5.73 Å². The fraction of sp³-hybridized carbons (Fsp3) is 0.556. The Morgan fingerprint density at radius 1 is 1.31 bits per heavy atom. The zero-order valence-corrected chi connectivity index (χ0v) is 8.41. The van der Waals surface area contributed by atoms with Crippen molar-refractivity contribution in [2.45, 2.75) is 25.1 Å². The van der Waals surface area contributed by atoms with E-state index >= 15 is 0 Å². The van der Waals surface area contributed by atoms with Gasteiger partial charge < -0.3 is 10.6 Å². The fourth-order valence-corrected chi connectivity index (χ4v) is 1.46. The quantitative estimate of drug-likeness (QED) is 0.859. The average molecular weight is 232 g/mol. The number of halogens is 3. The Bertz CT molecular complexity index is 358. The smallest absolute Gasteiger partial charge is 0.382 e. The Morgan fingerprint density at radius 2 is 2.00 bits per heavy atom. The van der Waals surface area contributed by atoms with Gasteiger partial charge in [-0.15, -0.1) is 0 Å². The summed E-state index contributed by atoms with van der Waals surface area (Å²) in [6.07, 6.45) is -0.156. The van der Waals surface area contributed by atoms with E-state index in [0.29, 0.717) is 0 Å². The van der Waals surface area contributed by atoms with E-state index in [9.17, 15) is 13.2 Å². The molecular formula is C9H11F3N4. The van der Waals surface area contributed by atoms with Crippen LogP contribution in [-0.2, 0) is 0 Å². The summed E-state index contributed by atoms with van der Waals surface area (Å²) in [5.41, 5.74) is 5.33. The highest BCUT2D eigenvalue weighted by molar-refractivity contribution is 5.42. The number of hydrogen-bond acceptors (Lipinski definition) is 4. The Balaban J connectivity index is 2.16. The van der Waals surface area contributed by atoms with Crippen LogP contribution in [0.25, 0.3) is 0 Å². The highest BCUT2D eigenvalue weighted by Gasteiger charge is 2.38. The Hall–Kier alpha value is -1.53. The molecule has 16 heavy (non-hydrogen) atoms. The summed E-state index contributed by atoms with van der Waals surface area (Å²) in [6, 6.07) is -0.0699. The fourth-order valence-electron chi connectivity index (χ4n) is 1.46. The van der Waals surface area contributed by atoms with E-state index in [0.717, 1.165) is 12.8 Å². The number of nitrogens with zero attached hydrogens (tertiary/aromatic N) is 3. The molecule has 1 aliphatic carbocycles. The molecule has 0 aliphatic heterocycles. The van der Waals surface area contributed by atoms with Gasteiger partial charge in [0.2, 0.25) is 0 Å². The van der Waals surface area contributed by atoms with Gasteiger partial charge in [0, 0.05) is 6.04 Å². The molecule has 1 heterocycles. The minimum absolute atomic E-state index is 0.0699. The molecule has 1 saturated carbocycles. The zero-order valence-electron chi connectivity index (χ0n) is 8.41. The third-order valence-electron chi connectivity index (χ3n) is 2.29. The van der Waals surface area contributed by atoms with Crippen LogP contribution in [0.3, 0.4) is 0 Å². The lowest BCUT2D eigenvalue weighted by molar-refractivity contribution is -0.120. The van der Waals surface area contributed by atoms with Gasteiger partial charge in [0.25, 0.3) is 0 Å². The van der Waals surface area contributed by atoms with Crippen LogP contribution in [0.2, 0.25) is 0 Å². The van der Waals surface area contributed by atoms with Crippen molar-refractivity contribution < 1.29 is 13.2 Å². The minimum atomic E-state index is -4.23. The third-order valence-corrected chi connectivity index (χ3v) is 2.29. The van der Waals surface area contributed by atoms with Gasteiger partial charge >= 0.3 is 6.18 Å². The number of hydrogen-bond donors (Lipinski definition) is 1. The van der Waals surface area contributed by atoms with E-state index in [1.807, 2.05) is 0 Å². The molecule has 1 aliphatic rings. The summed E-state index contributed by atoms with van der Waals surface area (Å²) >= 11 is 0. The first-order valence-electron chi connectivity index (χ1n) is 4.86. The molecule has 1 aromatic heterocycles. The van der Waals surface area contributed by atoms with Crippen molar-refractivity contribution in [3.05, 3.63) is 12.4 Å². The summed E-state index contributed by atoms with van der Waals surface area (Å²) in [4.78, 5) is 8.84. The van der Waals surface area contributed by atoms with E-state index in [1.54, 1.807) is 0 Å². The second kappa shape index (κ2) is 3.80. The minimum Gasteiger partial charge on any atom is -0.382 e. The van der Waals surface area contributed by atoms with Gasteiger partial charge in [-0.3, -0.25) is 0 Å². The van der Waals surface area contributed by atoms with Crippen molar-refractivity contribution in [2.24, 2.45) is 0 Å². The lowest BCUT2D eigenvalue weighted by Gasteiger charge is -2.24. The van der Waals surface area contributed by atoms with E-state index in [-0.39, 0.29) is 17.7 Å². The molecule has 0 bridgehead atoms. The lowest BCUT2D eigenvalue weighted by atomic mass is 10.4. The predicted molar refractivity (Wildman–Crippen MR) is 52.9 cm³/mol. The summed E-state index contributed by atoms with van der Waals surface area (Å²) in [5, 5.41) is 0. The molecule has 0 radical (unpaired) electrons. The summed E-state index contributed by atoms with van der Waals surface area (Å²) in [6.45, 7) is -0.990. The molecule has 1 aromatic rings. The maximum atomic E-state index is 12.3. The van der Waals surface area contributed by atoms with Crippen LogP contribution >= 0.6 is 0 Å². The molecule has 0 amide bonds. The maximum absolute atomic E-state index is 12.3. The third kappa shape index (κ3) is 2.74. The van der Waals surface area contributed by atoms with Gasteiger partial charge in [-0.1, -0.05) is 0 Å². The van der Waals surface area contributed by atoms with Gasteiger partial charge in [-0.25, -0.2) is 9.97 Å². The number of nitrogen functional groups attached to an aromatic ring is 1. The van der Waals surface area contributed by atoms with Crippen LogP contribution in [0.1, 0.15) is 12.8 Å². The molecular weight excluding hydrogens is 221 g/mol. The first-order chi connectivity index (χ1) is 7.46. The molecule has 0 spiro atoms. The molecule has 1 fully saturated rings. The van der Waals surface area contributed by atoms with E-state index < -0.39 is 12.7 Å². The van der Waals surface area contributed by atoms with Crippen LogP contribution in [0, 0.1) is 0 Å². The topological polar surface area (TPSA) is 55.0 Å². The van der Waals surface area contributed by atoms with Crippen molar-refractivity contribution in [3.63, 3.8) is 0 Å². The van der Waals surface area contributed by atoms with Gasteiger partial charge in [-0.05, 0) is 12.8 Å². The number of aromatic nitrogens is 2. The van der Waals surface area contributed by atoms with Crippen LogP contribution in [0.15, 0.2) is 12.4 Å². The number of nitrogens with two attached hydrogens (primary N) is 1. The predicted octanol–water partition coefficient (Wildman–Crippen LogP) is 1.59. The summed E-state index contributed by atoms with van der Waals surface area (Å²) in [5.74, 6) is 0.431. The van der Waals surface area contributed by atoms with Crippen LogP contribution in [-0.4, -0.2) is 28.7 Å². The number of anilines is 2. The molecule has 2 rings (SSSR count). The SMILES string of the molecule is Nc1cnc(N(CC(F)(F)F)C2CC2)cn1. The Kier molecular flexibility index (Phi) is 2.61. The Labute approximate surface area is 90.3 Å². The summed E-state index contributed by atoms with van der Waals surface area (Å²) in [7, 11) is 0. The van der Waals surface area contributed by atoms with Crippen molar-refractivity contribution >= 4 is 11.6 Å². The molecule has 0 saturated heterocycles. The van der Waals surface area contributed by atoms with Gasteiger partial charge in [-0.2, -0.15) is 13.2 Å². The van der Waals surface area contributed by atoms with E-state index in [1.165, 1.54) is 17.3 Å². The molecule has 7 heteroatoms. The zero-order chi connectivity index (χ0) is 11.8. The van der Waals surface area contributed by atoms with E-state index in [2.05, 4.69) is 9.97 Å². The molecule has 88 valence electrons. The second-order valence-corrected chi connectivity index (χ2v) is 3.77. The highest BCUT2D eigenvalue weighted by Crippen LogP contribution is 2.33.